The minimum atomic E-state index is 0.395. The van der Waals surface area contributed by atoms with Gasteiger partial charge >= 0.3 is 0 Å². The van der Waals surface area contributed by atoms with Crippen LogP contribution < -0.4 is 10.6 Å². The molecule has 1 unspecified atom stereocenters. The zero-order valence-electron chi connectivity index (χ0n) is 13.6. The lowest BCUT2D eigenvalue weighted by Gasteiger charge is -2.16. The van der Waals surface area contributed by atoms with Gasteiger partial charge in [-0.1, -0.05) is 6.92 Å². The number of aromatic nitrogens is 2. The maximum Gasteiger partial charge on any atom is 0.158 e. The summed E-state index contributed by atoms with van der Waals surface area (Å²) in [6.45, 7) is 8.32. The number of hydrogen-bond acceptors (Lipinski definition) is 6. The first kappa shape index (κ1) is 18.0. The third-order valence-corrected chi connectivity index (χ3v) is 3.56. The largest absolute Gasteiger partial charge is 0.374 e. The Balaban J connectivity index is 2.74. The Labute approximate surface area is 132 Å². The van der Waals surface area contributed by atoms with Crippen molar-refractivity contribution >= 4 is 23.4 Å². The summed E-state index contributed by atoms with van der Waals surface area (Å²) in [6, 6.07) is 2.37. The molecule has 0 aliphatic heterocycles. The molecule has 21 heavy (non-hydrogen) atoms. The Morgan fingerprint density at radius 2 is 2.05 bits per heavy atom. The van der Waals surface area contributed by atoms with Crippen LogP contribution in [0.5, 0.6) is 0 Å². The van der Waals surface area contributed by atoms with Crippen molar-refractivity contribution in [2.24, 2.45) is 0 Å². The molecule has 6 heteroatoms. The van der Waals surface area contributed by atoms with Gasteiger partial charge in [0.05, 0.1) is 0 Å². The summed E-state index contributed by atoms with van der Waals surface area (Å²) in [6.07, 6.45) is 4.31. The molecule has 0 bridgehead atoms. The van der Waals surface area contributed by atoms with Crippen molar-refractivity contribution in [1.82, 2.24) is 9.97 Å². The van der Waals surface area contributed by atoms with E-state index in [1.54, 1.807) is 0 Å². The van der Waals surface area contributed by atoms with Gasteiger partial charge in [-0.2, -0.15) is 11.8 Å². The minimum Gasteiger partial charge on any atom is -0.374 e. The Morgan fingerprint density at radius 3 is 2.71 bits per heavy atom. The molecule has 0 aliphatic carbocycles. The zero-order valence-corrected chi connectivity index (χ0v) is 14.4. The Kier molecular flexibility index (Phi) is 9.17. The first-order valence-electron chi connectivity index (χ1n) is 7.64. The predicted molar refractivity (Wildman–Crippen MR) is 92.2 cm³/mol. The molecule has 2 N–H and O–H groups in total. The predicted octanol–water partition coefficient (Wildman–Crippen LogP) is 3.39. The summed E-state index contributed by atoms with van der Waals surface area (Å²) in [5.74, 6) is 3.59. The highest BCUT2D eigenvalue weighted by molar-refractivity contribution is 7.98. The van der Waals surface area contributed by atoms with Crippen molar-refractivity contribution in [2.75, 3.05) is 35.8 Å². The second-order valence-electron chi connectivity index (χ2n) is 4.95. The number of nitrogens with zero attached hydrogens (tertiary/aromatic N) is 2. The number of hydrogen-bond donors (Lipinski definition) is 2. The number of nitrogens with one attached hydrogen (secondary N) is 2. The van der Waals surface area contributed by atoms with Gasteiger partial charge in [-0.05, 0) is 38.7 Å². The second kappa shape index (κ2) is 10.7. The molecule has 0 aliphatic rings. The molecule has 1 heterocycles. The van der Waals surface area contributed by atoms with E-state index >= 15 is 0 Å². The molecule has 1 aromatic heterocycles. The smallest absolute Gasteiger partial charge is 0.158 e. The number of anilines is 2. The normalized spacial score (nSPS) is 12.2. The molecule has 1 aromatic rings. The Hall–Kier alpha value is -1.01. The van der Waals surface area contributed by atoms with Crippen LogP contribution in [0.1, 0.15) is 39.4 Å². The van der Waals surface area contributed by atoms with E-state index in [1.165, 1.54) is 0 Å². The van der Waals surface area contributed by atoms with E-state index in [4.69, 9.17) is 4.74 Å². The molecule has 0 saturated carbocycles. The SMILES string of the molecule is CCCNc1cc(NC(C)CCSC)nc(COCC)n1. The van der Waals surface area contributed by atoms with Crippen molar-refractivity contribution < 1.29 is 4.74 Å². The third-order valence-electron chi connectivity index (χ3n) is 2.91. The van der Waals surface area contributed by atoms with Gasteiger partial charge in [0.2, 0.25) is 0 Å². The molecule has 0 spiro atoms. The fourth-order valence-corrected chi connectivity index (χ4v) is 2.38. The monoisotopic (exact) mass is 312 g/mol. The summed E-state index contributed by atoms with van der Waals surface area (Å²) >= 11 is 1.86. The second-order valence-corrected chi connectivity index (χ2v) is 5.93. The summed E-state index contributed by atoms with van der Waals surface area (Å²) in [7, 11) is 0. The summed E-state index contributed by atoms with van der Waals surface area (Å²) in [4.78, 5) is 9.02. The lowest BCUT2D eigenvalue weighted by molar-refractivity contribution is 0.128. The number of rotatable bonds is 11. The fraction of sp³-hybridized carbons (Fsp3) is 0.733. The lowest BCUT2D eigenvalue weighted by atomic mass is 10.2. The van der Waals surface area contributed by atoms with Gasteiger partial charge in [-0.15, -0.1) is 0 Å². The van der Waals surface area contributed by atoms with Crippen LogP contribution in [-0.2, 0) is 11.3 Å². The molecule has 0 aromatic carbocycles. The molecule has 120 valence electrons. The van der Waals surface area contributed by atoms with E-state index in [9.17, 15) is 0 Å². The van der Waals surface area contributed by atoms with Crippen LogP contribution in [0.3, 0.4) is 0 Å². The molecule has 0 amide bonds. The van der Waals surface area contributed by atoms with Gasteiger partial charge in [0.1, 0.15) is 18.2 Å². The maximum atomic E-state index is 5.42. The molecular weight excluding hydrogens is 284 g/mol. The van der Waals surface area contributed by atoms with Gasteiger partial charge in [-0.25, -0.2) is 9.97 Å². The summed E-state index contributed by atoms with van der Waals surface area (Å²) < 4.78 is 5.42. The van der Waals surface area contributed by atoms with E-state index in [-0.39, 0.29) is 0 Å². The highest BCUT2D eigenvalue weighted by atomic mass is 32.2. The molecule has 1 atom stereocenters. The van der Waals surface area contributed by atoms with Gasteiger partial charge in [0, 0.05) is 25.3 Å². The van der Waals surface area contributed by atoms with Crippen LogP contribution in [0.4, 0.5) is 11.6 Å². The van der Waals surface area contributed by atoms with Crippen molar-refractivity contribution in [3.8, 4) is 0 Å². The highest BCUT2D eigenvalue weighted by Crippen LogP contribution is 2.14. The average Bonchev–Trinajstić information content (AvgIpc) is 2.48. The van der Waals surface area contributed by atoms with Gasteiger partial charge < -0.3 is 15.4 Å². The molecule has 0 fully saturated rings. The van der Waals surface area contributed by atoms with Crippen molar-refractivity contribution in [3.63, 3.8) is 0 Å². The van der Waals surface area contributed by atoms with E-state index in [2.05, 4.69) is 40.7 Å². The number of thioether (sulfide) groups is 1. The van der Waals surface area contributed by atoms with E-state index in [0.29, 0.717) is 19.3 Å². The first-order chi connectivity index (χ1) is 10.2. The van der Waals surface area contributed by atoms with Gasteiger partial charge in [0.15, 0.2) is 5.82 Å². The fourth-order valence-electron chi connectivity index (χ4n) is 1.79. The lowest BCUT2D eigenvalue weighted by Crippen LogP contribution is -2.18. The molecular formula is C15H28N4OS. The van der Waals surface area contributed by atoms with Crippen LogP contribution in [-0.4, -0.2) is 41.2 Å². The first-order valence-corrected chi connectivity index (χ1v) is 9.04. The molecule has 1 rings (SSSR count). The van der Waals surface area contributed by atoms with Crippen LogP contribution in [0.2, 0.25) is 0 Å². The van der Waals surface area contributed by atoms with Crippen LogP contribution in [0.15, 0.2) is 6.07 Å². The van der Waals surface area contributed by atoms with E-state index in [0.717, 1.165) is 42.6 Å². The zero-order chi connectivity index (χ0) is 15.5. The molecule has 0 saturated heterocycles. The maximum absolute atomic E-state index is 5.42. The van der Waals surface area contributed by atoms with Crippen molar-refractivity contribution in [2.45, 2.75) is 46.3 Å². The summed E-state index contributed by atoms with van der Waals surface area (Å²) in [5, 5.41) is 6.77. The van der Waals surface area contributed by atoms with Crippen molar-refractivity contribution in [1.29, 1.82) is 0 Å². The van der Waals surface area contributed by atoms with E-state index in [1.807, 2.05) is 24.8 Å². The van der Waals surface area contributed by atoms with Crippen LogP contribution in [0.25, 0.3) is 0 Å². The quantitative estimate of drug-likeness (QED) is 0.653. The van der Waals surface area contributed by atoms with E-state index < -0.39 is 0 Å². The highest BCUT2D eigenvalue weighted by Gasteiger charge is 2.07. The Bertz CT molecular complexity index is 377. The molecule has 0 radical (unpaired) electrons. The van der Waals surface area contributed by atoms with Crippen LogP contribution >= 0.6 is 11.8 Å². The average molecular weight is 312 g/mol. The van der Waals surface area contributed by atoms with Gasteiger partial charge in [-0.3, -0.25) is 0 Å². The van der Waals surface area contributed by atoms with Gasteiger partial charge in [0.25, 0.3) is 0 Å². The number of ether oxygens (including phenoxy) is 1. The molecule has 5 nitrogen and oxygen atoms in total. The van der Waals surface area contributed by atoms with Crippen molar-refractivity contribution in [3.05, 3.63) is 11.9 Å². The minimum absolute atomic E-state index is 0.395. The van der Waals surface area contributed by atoms with Crippen LogP contribution in [0, 0.1) is 0 Å². The third kappa shape index (κ3) is 7.52. The topological polar surface area (TPSA) is 59.1 Å². The summed E-state index contributed by atoms with van der Waals surface area (Å²) in [5.41, 5.74) is 0. The Morgan fingerprint density at radius 1 is 1.29 bits per heavy atom. The standard InChI is InChI=1S/C15H28N4OS/c1-5-8-16-13-10-14(17-12(3)7-9-21-4)19-15(18-13)11-20-6-2/h10,12H,5-9,11H2,1-4H3,(H2,16,17,18,19).